The number of esters is 1. The molecule has 0 spiro atoms. The molecule has 0 aromatic carbocycles. The summed E-state index contributed by atoms with van der Waals surface area (Å²) in [7, 11) is 0. The molecule has 6 heteroatoms. The van der Waals surface area contributed by atoms with E-state index >= 15 is 0 Å². The topological polar surface area (TPSA) is 95.9 Å². The molecular formula is C55H109NO5. The molecular weight excluding hydrogens is 755 g/mol. The van der Waals surface area contributed by atoms with Crippen LogP contribution in [0.5, 0.6) is 0 Å². The van der Waals surface area contributed by atoms with E-state index in [1.54, 1.807) is 0 Å². The summed E-state index contributed by atoms with van der Waals surface area (Å²) in [6.07, 6.45) is 57.9. The lowest BCUT2D eigenvalue weighted by atomic mass is 10.0. The maximum atomic E-state index is 12.5. The highest BCUT2D eigenvalue weighted by Crippen LogP contribution is 2.18. The molecule has 2 unspecified atom stereocenters. The van der Waals surface area contributed by atoms with Crippen LogP contribution < -0.4 is 5.32 Å². The van der Waals surface area contributed by atoms with Crippen molar-refractivity contribution in [3.63, 3.8) is 0 Å². The quantitative estimate of drug-likeness (QED) is 0.0418. The van der Waals surface area contributed by atoms with Crippen LogP contribution in [0.4, 0.5) is 0 Å². The van der Waals surface area contributed by atoms with Crippen molar-refractivity contribution in [2.45, 2.75) is 328 Å². The highest BCUT2D eigenvalue weighted by molar-refractivity contribution is 5.76. The van der Waals surface area contributed by atoms with E-state index in [0.717, 1.165) is 57.8 Å². The molecule has 61 heavy (non-hydrogen) atoms. The molecule has 6 nitrogen and oxygen atoms in total. The lowest BCUT2D eigenvalue weighted by Crippen LogP contribution is -2.45. The van der Waals surface area contributed by atoms with Gasteiger partial charge in [0.2, 0.25) is 5.91 Å². The molecule has 0 aliphatic rings. The smallest absolute Gasteiger partial charge is 0.305 e. The van der Waals surface area contributed by atoms with Crippen LogP contribution in [0.3, 0.4) is 0 Å². The number of hydrogen-bond donors (Lipinski definition) is 3. The molecule has 364 valence electrons. The Balaban J connectivity index is 3.44. The second-order valence-corrected chi connectivity index (χ2v) is 19.3. The fraction of sp³-hybridized carbons (Fsp3) is 0.964. The van der Waals surface area contributed by atoms with Crippen molar-refractivity contribution in [3.8, 4) is 0 Å². The van der Waals surface area contributed by atoms with Gasteiger partial charge in [0, 0.05) is 12.8 Å². The molecule has 1 amide bonds. The van der Waals surface area contributed by atoms with Crippen molar-refractivity contribution in [2.75, 3.05) is 13.2 Å². The number of nitrogens with one attached hydrogen (secondary N) is 1. The van der Waals surface area contributed by atoms with Crippen molar-refractivity contribution in [3.05, 3.63) is 0 Å². The number of ether oxygens (including phenoxy) is 1. The molecule has 0 rings (SSSR count). The lowest BCUT2D eigenvalue weighted by molar-refractivity contribution is -0.143. The Morgan fingerprint density at radius 1 is 0.393 bits per heavy atom. The van der Waals surface area contributed by atoms with Crippen LogP contribution in [0.15, 0.2) is 0 Å². The van der Waals surface area contributed by atoms with Gasteiger partial charge in [0.05, 0.1) is 25.4 Å². The number of unbranched alkanes of at least 4 members (excludes halogenated alkanes) is 41. The van der Waals surface area contributed by atoms with E-state index in [4.69, 9.17) is 4.74 Å². The van der Waals surface area contributed by atoms with E-state index in [1.165, 1.54) is 225 Å². The van der Waals surface area contributed by atoms with Gasteiger partial charge in [-0.2, -0.15) is 0 Å². The van der Waals surface area contributed by atoms with E-state index in [0.29, 0.717) is 25.9 Å². The number of hydrogen-bond acceptors (Lipinski definition) is 5. The van der Waals surface area contributed by atoms with Gasteiger partial charge in [-0.15, -0.1) is 0 Å². The molecule has 0 aliphatic heterocycles. The van der Waals surface area contributed by atoms with Crippen LogP contribution in [0.1, 0.15) is 316 Å². The molecule has 0 heterocycles. The van der Waals surface area contributed by atoms with E-state index in [2.05, 4.69) is 19.2 Å². The normalized spacial score (nSPS) is 12.5. The fourth-order valence-electron chi connectivity index (χ4n) is 8.88. The summed E-state index contributed by atoms with van der Waals surface area (Å²) in [4.78, 5) is 24.5. The van der Waals surface area contributed by atoms with Gasteiger partial charge in [0.1, 0.15) is 0 Å². The van der Waals surface area contributed by atoms with Crippen molar-refractivity contribution in [2.24, 2.45) is 0 Å². The fourth-order valence-corrected chi connectivity index (χ4v) is 8.88. The molecule has 0 aromatic rings. The summed E-state index contributed by atoms with van der Waals surface area (Å²) in [5.74, 6) is -0.0677. The van der Waals surface area contributed by atoms with Gasteiger partial charge in [0.25, 0.3) is 0 Å². The van der Waals surface area contributed by atoms with Crippen LogP contribution in [-0.2, 0) is 14.3 Å². The third-order valence-corrected chi connectivity index (χ3v) is 13.2. The van der Waals surface area contributed by atoms with Crippen LogP contribution in [0.25, 0.3) is 0 Å². The Labute approximate surface area is 381 Å². The first-order chi connectivity index (χ1) is 30.0. The second-order valence-electron chi connectivity index (χ2n) is 19.3. The summed E-state index contributed by atoms with van der Waals surface area (Å²) in [6, 6.07) is -0.556. The van der Waals surface area contributed by atoms with Gasteiger partial charge in [-0.1, -0.05) is 277 Å². The summed E-state index contributed by atoms with van der Waals surface area (Å²) < 4.78 is 5.47. The van der Waals surface area contributed by atoms with Gasteiger partial charge in [-0.25, -0.2) is 0 Å². The molecule has 0 saturated heterocycles. The predicted molar refractivity (Wildman–Crippen MR) is 264 cm³/mol. The van der Waals surface area contributed by atoms with Crippen LogP contribution in [0, 0.1) is 0 Å². The van der Waals surface area contributed by atoms with Gasteiger partial charge in [-0.05, 0) is 25.7 Å². The Morgan fingerprint density at radius 3 is 1.00 bits per heavy atom. The average molecular weight is 864 g/mol. The number of aliphatic hydroxyl groups is 2. The van der Waals surface area contributed by atoms with Crippen molar-refractivity contribution in [1.29, 1.82) is 0 Å². The largest absolute Gasteiger partial charge is 0.466 e. The molecule has 3 N–H and O–H groups in total. The Kier molecular flexibility index (Phi) is 50.5. The van der Waals surface area contributed by atoms with Crippen molar-refractivity contribution >= 4 is 11.9 Å². The molecule has 0 saturated carbocycles. The zero-order valence-corrected chi connectivity index (χ0v) is 41.4. The molecule has 0 aromatic heterocycles. The molecule has 0 radical (unpaired) electrons. The monoisotopic (exact) mass is 864 g/mol. The van der Waals surface area contributed by atoms with Crippen LogP contribution >= 0.6 is 0 Å². The first-order valence-corrected chi connectivity index (χ1v) is 27.8. The Hall–Kier alpha value is -1.14. The molecule has 0 aliphatic carbocycles. The summed E-state index contributed by atoms with van der Waals surface area (Å²) in [5.41, 5.74) is 0. The standard InChI is InChI=1S/C55H109NO5/c1-3-5-7-9-11-13-15-17-19-21-22-24-26-28-33-37-41-45-49-55(60)61-50-46-42-38-34-30-29-32-36-40-44-48-54(59)56-52(51-57)53(58)47-43-39-35-31-27-25-23-20-18-16-14-12-10-8-6-4-2/h52-53,57-58H,3-51H2,1-2H3,(H,56,59). The van der Waals surface area contributed by atoms with E-state index < -0.39 is 12.1 Å². The van der Waals surface area contributed by atoms with Gasteiger partial charge >= 0.3 is 5.97 Å². The number of carbonyl (C=O) groups is 2. The molecule has 0 fully saturated rings. The maximum absolute atomic E-state index is 12.5. The minimum atomic E-state index is -0.677. The van der Waals surface area contributed by atoms with E-state index in [1.807, 2.05) is 0 Å². The first kappa shape index (κ1) is 59.9. The minimum absolute atomic E-state index is 0.0134. The Morgan fingerprint density at radius 2 is 0.672 bits per heavy atom. The predicted octanol–water partition coefficient (Wildman–Crippen LogP) is 16.7. The molecule has 2 atom stereocenters. The summed E-state index contributed by atoms with van der Waals surface area (Å²) >= 11 is 0. The SMILES string of the molecule is CCCCCCCCCCCCCCCCCCCCC(=O)OCCCCCCCCCCCCC(=O)NC(CO)C(O)CCCCCCCCCCCCCCCCCC. The zero-order chi connectivity index (χ0) is 44.4. The highest BCUT2D eigenvalue weighted by Gasteiger charge is 2.20. The highest BCUT2D eigenvalue weighted by atomic mass is 16.5. The van der Waals surface area contributed by atoms with E-state index in [-0.39, 0.29) is 18.5 Å². The van der Waals surface area contributed by atoms with Crippen molar-refractivity contribution in [1.82, 2.24) is 5.32 Å². The third-order valence-electron chi connectivity index (χ3n) is 13.2. The second kappa shape index (κ2) is 51.5. The third kappa shape index (κ3) is 48.2. The van der Waals surface area contributed by atoms with E-state index in [9.17, 15) is 19.8 Å². The summed E-state index contributed by atoms with van der Waals surface area (Å²) in [6.45, 7) is 4.93. The van der Waals surface area contributed by atoms with Gasteiger partial charge in [-0.3, -0.25) is 9.59 Å². The number of rotatable bonds is 52. The van der Waals surface area contributed by atoms with Crippen LogP contribution in [0.2, 0.25) is 0 Å². The number of aliphatic hydroxyl groups excluding tert-OH is 2. The van der Waals surface area contributed by atoms with Crippen LogP contribution in [-0.4, -0.2) is 47.4 Å². The number of carbonyl (C=O) groups excluding carboxylic acids is 2. The number of amides is 1. The summed E-state index contributed by atoms with van der Waals surface area (Å²) in [5, 5.41) is 23.2. The van der Waals surface area contributed by atoms with Crippen molar-refractivity contribution < 1.29 is 24.5 Å². The lowest BCUT2D eigenvalue weighted by Gasteiger charge is -2.22. The van der Waals surface area contributed by atoms with Gasteiger partial charge < -0.3 is 20.3 Å². The maximum Gasteiger partial charge on any atom is 0.305 e. The average Bonchev–Trinajstić information content (AvgIpc) is 3.26. The first-order valence-electron chi connectivity index (χ1n) is 27.8. The minimum Gasteiger partial charge on any atom is -0.466 e. The Bertz CT molecular complexity index is 867. The van der Waals surface area contributed by atoms with Gasteiger partial charge in [0.15, 0.2) is 0 Å². The zero-order valence-electron chi connectivity index (χ0n) is 41.4. The molecule has 0 bridgehead atoms.